The summed E-state index contributed by atoms with van der Waals surface area (Å²) in [4.78, 5) is 11.8. The van der Waals surface area contributed by atoms with Gasteiger partial charge < -0.3 is 10.1 Å². The molecule has 0 bridgehead atoms. The van der Waals surface area contributed by atoms with Crippen LogP contribution in [0.5, 0.6) is 0 Å². The lowest BCUT2D eigenvalue weighted by Crippen LogP contribution is -2.31. The zero-order valence-corrected chi connectivity index (χ0v) is 11.8. The summed E-state index contributed by atoms with van der Waals surface area (Å²) in [6.45, 7) is 6.39. The molecule has 2 heterocycles. The molecular weight excluding hydrogens is 242 g/mol. The summed E-state index contributed by atoms with van der Waals surface area (Å²) in [6, 6.07) is 0. The lowest BCUT2D eigenvalue weighted by Gasteiger charge is -2.10. The summed E-state index contributed by atoms with van der Waals surface area (Å²) in [5.41, 5.74) is 2.18. The molecule has 1 unspecified atom stereocenters. The van der Waals surface area contributed by atoms with Crippen LogP contribution in [0, 0.1) is 6.92 Å². The van der Waals surface area contributed by atoms with E-state index in [1.807, 2.05) is 17.8 Å². The Bertz CT molecular complexity index is 422. The standard InChI is InChI=1S/C14H23N3O2/c1-3-17-10-12(11(2)16-17)6-7-14(18)15-9-13-5-4-8-19-13/h10,13H,3-9H2,1-2H3,(H,15,18). The summed E-state index contributed by atoms with van der Waals surface area (Å²) in [5, 5.41) is 7.32. The second kappa shape index (κ2) is 6.70. The van der Waals surface area contributed by atoms with Gasteiger partial charge in [-0.2, -0.15) is 5.10 Å². The van der Waals surface area contributed by atoms with Crippen molar-refractivity contribution in [3.05, 3.63) is 17.5 Å². The summed E-state index contributed by atoms with van der Waals surface area (Å²) in [6.07, 6.45) is 5.68. The lowest BCUT2D eigenvalue weighted by molar-refractivity contribution is -0.121. The Hall–Kier alpha value is -1.36. The molecule has 5 heteroatoms. The van der Waals surface area contributed by atoms with Gasteiger partial charge in [0.2, 0.25) is 5.91 Å². The van der Waals surface area contributed by atoms with Crippen LogP contribution in [0.1, 0.15) is 37.4 Å². The normalized spacial score (nSPS) is 18.7. The molecule has 19 heavy (non-hydrogen) atoms. The quantitative estimate of drug-likeness (QED) is 0.846. The van der Waals surface area contributed by atoms with Crippen LogP contribution >= 0.6 is 0 Å². The van der Waals surface area contributed by atoms with Crippen molar-refractivity contribution in [3.63, 3.8) is 0 Å². The summed E-state index contributed by atoms with van der Waals surface area (Å²) >= 11 is 0. The van der Waals surface area contributed by atoms with E-state index in [4.69, 9.17) is 4.74 Å². The predicted octanol–water partition coefficient (Wildman–Crippen LogP) is 1.44. The molecule has 0 aromatic carbocycles. The number of hydrogen-bond acceptors (Lipinski definition) is 3. The maximum absolute atomic E-state index is 11.8. The van der Waals surface area contributed by atoms with Crippen molar-refractivity contribution in [2.45, 2.75) is 52.2 Å². The molecule has 0 saturated carbocycles. The minimum absolute atomic E-state index is 0.0964. The Labute approximate surface area is 114 Å². The zero-order chi connectivity index (χ0) is 13.7. The molecule has 1 aromatic rings. The Balaban J connectivity index is 1.71. The number of aryl methyl sites for hydroxylation is 3. The second-order valence-electron chi connectivity index (χ2n) is 5.03. The van der Waals surface area contributed by atoms with Crippen LogP contribution in [0.3, 0.4) is 0 Å². The third kappa shape index (κ3) is 4.06. The highest BCUT2D eigenvalue weighted by Crippen LogP contribution is 2.11. The van der Waals surface area contributed by atoms with E-state index < -0.39 is 0 Å². The molecule has 0 spiro atoms. The van der Waals surface area contributed by atoms with Crippen LogP contribution in [0.4, 0.5) is 0 Å². The van der Waals surface area contributed by atoms with Gasteiger partial charge in [0, 0.05) is 32.3 Å². The van der Waals surface area contributed by atoms with E-state index in [9.17, 15) is 4.79 Å². The molecule has 1 aliphatic heterocycles. The van der Waals surface area contributed by atoms with Gasteiger partial charge >= 0.3 is 0 Å². The highest BCUT2D eigenvalue weighted by Gasteiger charge is 2.16. The Morgan fingerprint density at radius 3 is 3.11 bits per heavy atom. The third-order valence-electron chi connectivity index (χ3n) is 3.54. The summed E-state index contributed by atoms with van der Waals surface area (Å²) < 4.78 is 7.39. The average Bonchev–Trinajstić information content (AvgIpc) is 3.03. The van der Waals surface area contributed by atoms with E-state index in [0.717, 1.165) is 43.7 Å². The SMILES string of the molecule is CCn1cc(CCC(=O)NCC2CCCO2)c(C)n1. The van der Waals surface area contributed by atoms with Gasteiger partial charge in [0.15, 0.2) is 0 Å². The number of amides is 1. The summed E-state index contributed by atoms with van der Waals surface area (Å²) in [5.74, 6) is 0.0964. The number of carbonyl (C=O) groups excluding carboxylic acids is 1. The van der Waals surface area contributed by atoms with Crippen molar-refractivity contribution in [3.8, 4) is 0 Å². The Kier molecular flexibility index (Phi) is 4.96. The first kappa shape index (κ1) is 14.1. The maximum atomic E-state index is 11.8. The van der Waals surface area contributed by atoms with E-state index >= 15 is 0 Å². The molecule has 1 atom stereocenters. The fraction of sp³-hybridized carbons (Fsp3) is 0.714. The smallest absolute Gasteiger partial charge is 0.220 e. The molecule has 5 nitrogen and oxygen atoms in total. The van der Waals surface area contributed by atoms with E-state index in [1.165, 1.54) is 0 Å². The maximum Gasteiger partial charge on any atom is 0.220 e. The number of aromatic nitrogens is 2. The molecule has 1 amide bonds. The molecule has 1 aromatic heterocycles. The van der Waals surface area contributed by atoms with Gasteiger partial charge in [0.05, 0.1) is 11.8 Å². The van der Waals surface area contributed by atoms with Crippen molar-refractivity contribution in [2.24, 2.45) is 0 Å². The predicted molar refractivity (Wildman–Crippen MR) is 72.9 cm³/mol. The van der Waals surface area contributed by atoms with Gasteiger partial charge in [-0.1, -0.05) is 0 Å². The molecule has 106 valence electrons. The van der Waals surface area contributed by atoms with E-state index in [-0.39, 0.29) is 12.0 Å². The largest absolute Gasteiger partial charge is 0.376 e. The monoisotopic (exact) mass is 265 g/mol. The van der Waals surface area contributed by atoms with E-state index in [0.29, 0.717) is 13.0 Å². The summed E-state index contributed by atoms with van der Waals surface area (Å²) in [7, 11) is 0. The van der Waals surface area contributed by atoms with Gasteiger partial charge in [-0.15, -0.1) is 0 Å². The molecule has 1 aliphatic rings. The van der Waals surface area contributed by atoms with Crippen molar-refractivity contribution in [1.29, 1.82) is 0 Å². The zero-order valence-electron chi connectivity index (χ0n) is 11.8. The number of ether oxygens (including phenoxy) is 1. The minimum atomic E-state index is 0.0964. The second-order valence-corrected chi connectivity index (χ2v) is 5.03. The molecular formula is C14H23N3O2. The van der Waals surface area contributed by atoms with Crippen LogP contribution in [0.2, 0.25) is 0 Å². The highest BCUT2D eigenvalue weighted by atomic mass is 16.5. The number of rotatable bonds is 6. The lowest BCUT2D eigenvalue weighted by atomic mass is 10.1. The van der Waals surface area contributed by atoms with Gasteiger partial charge in [-0.25, -0.2) is 0 Å². The molecule has 1 fully saturated rings. The fourth-order valence-electron chi connectivity index (χ4n) is 2.34. The van der Waals surface area contributed by atoms with E-state index in [2.05, 4.69) is 17.3 Å². The fourth-order valence-corrected chi connectivity index (χ4v) is 2.34. The first-order valence-corrected chi connectivity index (χ1v) is 7.10. The first-order valence-electron chi connectivity index (χ1n) is 7.10. The van der Waals surface area contributed by atoms with Gasteiger partial charge in [-0.3, -0.25) is 9.48 Å². The Morgan fingerprint density at radius 2 is 2.47 bits per heavy atom. The number of nitrogens with one attached hydrogen (secondary N) is 1. The van der Waals surface area contributed by atoms with Crippen LogP contribution in [0.25, 0.3) is 0 Å². The van der Waals surface area contributed by atoms with Gasteiger partial charge in [0.25, 0.3) is 0 Å². The van der Waals surface area contributed by atoms with Crippen LogP contribution < -0.4 is 5.32 Å². The van der Waals surface area contributed by atoms with Crippen molar-refractivity contribution >= 4 is 5.91 Å². The molecule has 0 radical (unpaired) electrons. The Morgan fingerprint density at radius 1 is 1.63 bits per heavy atom. The molecule has 1 N–H and O–H groups in total. The van der Waals surface area contributed by atoms with Crippen LogP contribution in [0.15, 0.2) is 6.20 Å². The number of carbonyl (C=O) groups is 1. The number of nitrogens with zero attached hydrogens (tertiary/aromatic N) is 2. The topological polar surface area (TPSA) is 56.2 Å². The van der Waals surface area contributed by atoms with Crippen LogP contribution in [-0.4, -0.2) is 34.9 Å². The highest BCUT2D eigenvalue weighted by molar-refractivity contribution is 5.76. The van der Waals surface area contributed by atoms with Crippen LogP contribution in [-0.2, 0) is 22.5 Å². The van der Waals surface area contributed by atoms with Crippen molar-refractivity contribution < 1.29 is 9.53 Å². The average molecular weight is 265 g/mol. The minimum Gasteiger partial charge on any atom is -0.376 e. The van der Waals surface area contributed by atoms with E-state index in [1.54, 1.807) is 0 Å². The number of hydrogen-bond donors (Lipinski definition) is 1. The van der Waals surface area contributed by atoms with Crippen molar-refractivity contribution in [2.75, 3.05) is 13.2 Å². The van der Waals surface area contributed by atoms with Gasteiger partial charge in [0.1, 0.15) is 0 Å². The van der Waals surface area contributed by atoms with Gasteiger partial charge in [-0.05, 0) is 38.7 Å². The molecule has 0 aliphatic carbocycles. The first-order chi connectivity index (χ1) is 9.19. The van der Waals surface area contributed by atoms with Crippen molar-refractivity contribution in [1.82, 2.24) is 15.1 Å². The molecule has 1 saturated heterocycles. The molecule has 2 rings (SSSR count). The third-order valence-corrected chi connectivity index (χ3v) is 3.54.